The fraction of sp³-hybridized carbons (Fsp3) is 0.931. The maximum Gasteiger partial charge on any atom is 0.133 e. The van der Waals surface area contributed by atoms with Gasteiger partial charge in [-0.05, 0) is 116 Å². The molecule has 0 aromatic carbocycles. The molecule has 3 nitrogen and oxygen atoms in total. The molecule has 3 heteroatoms. The summed E-state index contributed by atoms with van der Waals surface area (Å²) in [6.07, 6.45) is 11.9. The quantitative estimate of drug-likeness (QED) is 0.517. The smallest absolute Gasteiger partial charge is 0.133 e. The highest BCUT2D eigenvalue weighted by Gasteiger charge is 2.71. The SMILES string of the molecule is CC(=O)[C@@H]1CC[C@]2(C=O)CC[C@]3(C)[C@H](CC[C@@H]4[C@@]5(C)CC[C@H](O)C(C)(C)[C@@H]5CC[C@]43C)[C@@H]12. The lowest BCUT2D eigenvalue weighted by molar-refractivity contribution is -0.245. The van der Waals surface area contributed by atoms with Gasteiger partial charge in [-0.25, -0.2) is 0 Å². The van der Waals surface area contributed by atoms with Crippen molar-refractivity contribution in [1.29, 1.82) is 0 Å². The van der Waals surface area contributed by atoms with Gasteiger partial charge in [-0.1, -0.05) is 34.6 Å². The number of hydrogen-bond donors (Lipinski definition) is 1. The fourth-order valence-electron chi connectivity index (χ4n) is 11.3. The molecule has 0 aromatic heterocycles. The van der Waals surface area contributed by atoms with E-state index in [1.54, 1.807) is 6.92 Å². The van der Waals surface area contributed by atoms with Crippen molar-refractivity contribution in [1.82, 2.24) is 0 Å². The molecule has 5 saturated carbocycles. The Morgan fingerprint density at radius 3 is 2.19 bits per heavy atom. The molecule has 0 radical (unpaired) electrons. The van der Waals surface area contributed by atoms with E-state index in [1.165, 1.54) is 32.0 Å². The number of aliphatic hydroxyl groups excluding tert-OH is 1. The van der Waals surface area contributed by atoms with Crippen LogP contribution < -0.4 is 0 Å². The van der Waals surface area contributed by atoms with E-state index in [-0.39, 0.29) is 45.0 Å². The van der Waals surface area contributed by atoms with Gasteiger partial charge in [0.1, 0.15) is 12.1 Å². The molecule has 180 valence electrons. The number of hydrogen-bond acceptors (Lipinski definition) is 3. The lowest BCUT2D eigenvalue weighted by Gasteiger charge is -2.72. The molecule has 5 fully saturated rings. The van der Waals surface area contributed by atoms with Crippen LogP contribution >= 0.6 is 0 Å². The number of carbonyl (C=O) groups excluding carboxylic acids is 2. The predicted molar refractivity (Wildman–Crippen MR) is 127 cm³/mol. The molecule has 0 spiro atoms. The molecule has 32 heavy (non-hydrogen) atoms. The normalized spacial score (nSPS) is 56.3. The molecule has 5 aliphatic carbocycles. The summed E-state index contributed by atoms with van der Waals surface area (Å²) in [6.45, 7) is 14.1. The van der Waals surface area contributed by atoms with E-state index in [2.05, 4.69) is 34.6 Å². The Labute approximate surface area is 195 Å². The summed E-state index contributed by atoms with van der Waals surface area (Å²) in [5, 5.41) is 10.9. The second-order valence-corrected chi connectivity index (χ2v) is 14.2. The fourth-order valence-corrected chi connectivity index (χ4v) is 11.3. The summed E-state index contributed by atoms with van der Waals surface area (Å²) in [7, 11) is 0. The molecule has 0 heterocycles. The van der Waals surface area contributed by atoms with Crippen molar-refractivity contribution in [2.24, 2.45) is 56.7 Å². The van der Waals surface area contributed by atoms with Crippen molar-refractivity contribution in [3.8, 4) is 0 Å². The van der Waals surface area contributed by atoms with Crippen molar-refractivity contribution < 1.29 is 14.7 Å². The Morgan fingerprint density at radius 2 is 1.53 bits per heavy atom. The highest BCUT2D eigenvalue weighted by atomic mass is 16.3. The molecular formula is C29H46O3. The first-order valence-corrected chi connectivity index (χ1v) is 13.5. The third-order valence-electron chi connectivity index (χ3n) is 13.2. The maximum absolute atomic E-state index is 12.7. The van der Waals surface area contributed by atoms with Crippen molar-refractivity contribution in [2.45, 2.75) is 112 Å². The van der Waals surface area contributed by atoms with Gasteiger partial charge in [0.15, 0.2) is 0 Å². The Morgan fingerprint density at radius 1 is 0.812 bits per heavy atom. The Hall–Kier alpha value is -0.700. The van der Waals surface area contributed by atoms with Gasteiger partial charge in [-0.15, -0.1) is 0 Å². The molecule has 0 amide bonds. The highest BCUT2D eigenvalue weighted by Crippen LogP contribution is 2.77. The number of aldehydes is 1. The molecule has 0 aromatic rings. The van der Waals surface area contributed by atoms with Crippen LogP contribution in [0.4, 0.5) is 0 Å². The summed E-state index contributed by atoms with van der Waals surface area (Å²) in [5.74, 6) is 2.38. The lowest BCUT2D eigenvalue weighted by Crippen LogP contribution is -2.66. The number of carbonyl (C=O) groups is 2. The van der Waals surface area contributed by atoms with Gasteiger partial charge in [0, 0.05) is 11.3 Å². The molecule has 5 aliphatic rings. The first-order chi connectivity index (χ1) is 14.9. The Kier molecular flexibility index (Phi) is 4.99. The predicted octanol–water partition coefficient (Wildman–Crippen LogP) is 6.22. The molecule has 0 unspecified atom stereocenters. The van der Waals surface area contributed by atoms with Gasteiger partial charge in [0.2, 0.25) is 0 Å². The highest BCUT2D eigenvalue weighted by molar-refractivity contribution is 5.80. The van der Waals surface area contributed by atoms with Gasteiger partial charge in [-0.3, -0.25) is 4.79 Å². The maximum atomic E-state index is 12.7. The van der Waals surface area contributed by atoms with Crippen LogP contribution in [-0.4, -0.2) is 23.3 Å². The van der Waals surface area contributed by atoms with Crippen LogP contribution in [0.3, 0.4) is 0 Å². The second-order valence-electron chi connectivity index (χ2n) is 14.2. The van der Waals surface area contributed by atoms with Crippen molar-refractivity contribution in [2.75, 3.05) is 0 Å². The third kappa shape index (κ3) is 2.58. The molecule has 0 bridgehead atoms. The molecule has 5 rings (SSSR count). The van der Waals surface area contributed by atoms with Crippen LogP contribution in [-0.2, 0) is 9.59 Å². The van der Waals surface area contributed by atoms with E-state index in [9.17, 15) is 14.7 Å². The Bertz CT molecular complexity index is 817. The van der Waals surface area contributed by atoms with Gasteiger partial charge >= 0.3 is 0 Å². The average Bonchev–Trinajstić information content (AvgIpc) is 3.12. The monoisotopic (exact) mass is 442 g/mol. The minimum Gasteiger partial charge on any atom is -0.393 e. The van der Waals surface area contributed by atoms with E-state index in [4.69, 9.17) is 0 Å². The van der Waals surface area contributed by atoms with Gasteiger partial charge in [0.05, 0.1) is 6.10 Å². The minimum absolute atomic E-state index is 0.0174. The van der Waals surface area contributed by atoms with Crippen molar-refractivity contribution in [3.05, 3.63) is 0 Å². The van der Waals surface area contributed by atoms with Crippen LogP contribution in [0.5, 0.6) is 0 Å². The lowest BCUT2D eigenvalue weighted by atomic mass is 9.32. The summed E-state index contributed by atoms with van der Waals surface area (Å²) < 4.78 is 0. The topological polar surface area (TPSA) is 54.4 Å². The first-order valence-electron chi connectivity index (χ1n) is 13.5. The zero-order valence-corrected chi connectivity index (χ0v) is 21.4. The number of Topliss-reactive ketones (excluding diaryl/α,β-unsaturated/α-hetero) is 1. The first kappa shape index (κ1) is 23.1. The van der Waals surface area contributed by atoms with Gasteiger partial charge in [0.25, 0.3) is 0 Å². The van der Waals surface area contributed by atoms with Crippen molar-refractivity contribution in [3.63, 3.8) is 0 Å². The zero-order chi connectivity index (χ0) is 23.3. The average molecular weight is 443 g/mol. The molecule has 1 N–H and O–H groups in total. The summed E-state index contributed by atoms with van der Waals surface area (Å²) >= 11 is 0. The van der Waals surface area contributed by atoms with Crippen LogP contribution in [0, 0.1) is 56.7 Å². The van der Waals surface area contributed by atoms with Crippen LogP contribution in [0.15, 0.2) is 0 Å². The third-order valence-corrected chi connectivity index (χ3v) is 13.2. The number of rotatable bonds is 2. The largest absolute Gasteiger partial charge is 0.393 e. The van der Waals surface area contributed by atoms with E-state index < -0.39 is 0 Å². The van der Waals surface area contributed by atoms with Crippen LogP contribution in [0.1, 0.15) is 106 Å². The van der Waals surface area contributed by atoms with Crippen LogP contribution in [0.25, 0.3) is 0 Å². The van der Waals surface area contributed by atoms with E-state index in [0.717, 1.165) is 38.5 Å². The molecule has 0 saturated heterocycles. The van der Waals surface area contributed by atoms with Crippen LogP contribution in [0.2, 0.25) is 0 Å². The van der Waals surface area contributed by atoms with E-state index in [1.807, 2.05) is 0 Å². The molecular weight excluding hydrogens is 396 g/mol. The second kappa shape index (κ2) is 6.92. The summed E-state index contributed by atoms with van der Waals surface area (Å²) in [6, 6.07) is 0. The number of aliphatic hydroxyl groups is 1. The zero-order valence-electron chi connectivity index (χ0n) is 21.4. The summed E-state index contributed by atoms with van der Waals surface area (Å²) in [4.78, 5) is 25.2. The van der Waals surface area contributed by atoms with Crippen molar-refractivity contribution >= 4 is 12.1 Å². The number of fused-ring (bicyclic) bond motifs is 7. The molecule has 0 aliphatic heterocycles. The standard InChI is InChI=1S/C29H46O3/c1-18(31)19-9-14-29(17-30)16-15-27(5)20(24(19)29)7-8-22-26(4)12-11-23(32)25(2,3)21(26)10-13-28(22,27)6/h17,19-24,32H,7-16H2,1-6H3/t19-,20+,21-,22+,23-,24+,26-,27+,28+,29+/m0/s1. The summed E-state index contributed by atoms with van der Waals surface area (Å²) in [5.41, 5.74) is 0.453. The van der Waals surface area contributed by atoms with Gasteiger partial charge in [-0.2, -0.15) is 0 Å². The minimum atomic E-state index is -0.248. The van der Waals surface area contributed by atoms with Gasteiger partial charge < -0.3 is 9.90 Å². The van der Waals surface area contributed by atoms with E-state index in [0.29, 0.717) is 23.5 Å². The van der Waals surface area contributed by atoms with E-state index >= 15 is 0 Å². The Balaban J connectivity index is 1.56. The molecule has 10 atom stereocenters. The number of ketones is 1.